The van der Waals surface area contributed by atoms with Gasteiger partial charge < -0.3 is 5.11 Å². The van der Waals surface area contributed by atoms with E-state index < -0.39 is 5.97 Å². The van der Waals surface area contributed by atoms with Crippen molar-refractivity contribution in [1.82, 2.24) is 4.98 Å². The average molecular weight is 287 g/mol. The van der Waals surface area contributed by atoms with E-state index in [0.717, 1.165) is 4.47 Å². The number of carboxylic acid groups (broad SMARTS) is 1. The molecule has 5 heteroatoms. The van der Waals surface area contributed by atoms with Gasteiger partial charge in [-0.2, -0.15) is 0 Å². The first-order valence-corrected chi connectivity index (χ1v) is 5.24. The van der Waals surface area contributed by atoms with E-state index in [0.29, 0.717) is 15.8 Å². The summed E-state index contributed by atoms with van der Waals surface area (Å²) in [6.45, 7) is 0. The molecule has 2 rings (SSSR count). The van der Waals surface area contributed by atoms with E-state index in [-0.39, 0.29) is 5.69 Å². The Morgan fingerprint density at radius 1 is 1.40 bits per heavy atom. The van der Waals surface area contributed by atoms with E-state index in [1.165, 1.54) is 6.20 Å². The van der Waals surface area contributed by atoms with Gasteiger partial charge in [-0.3, -0.25) is 0 Å². The molecule has 0 aliphatic rings. The van der Waals surface area contributed by atoms with Gasteiger partial charge in [0.1, 0.15) is 0 Å². The number of rotatable bonds is 1. The number of hydrogen-bond acceptors (Lipinski definition) is 2. The van der Waals surface area contributed by atoms with Crippen molar-refractivity contribution >= 4 is 44.3 Å². The van der Waals surface area contributed by atoms with E-state index in [4.69, 9.17) is 16.7 Å². The largest absolute Gasteiger partial charge is 0.476 e. The molecule has 0 saturated carbocycles. The van der Waals surface area contributed by atoms with Crippen molar-refractivity contribution in [2.75, 3.05) is 0 Å². The van der Waals surface area contributed by atoms with Crippen molar-refractivity contribution < 1.29 is 9.90 Å². The summed E-state index contributed by atoms with van der Waals surface area (Å²) < 4.78 is 0.732. The molecule has 0 aliphatic heterocycles. The number of benzene rings is 1. The smallest absolute Gasteiger partial charge is 0.355 e. The zero-order valence-corrected chi connectivity index (χ0v) is 9.71. The number of pyridine rings is 1. The standard InChI is InChI=1S/C10H5BrClNO2/c11-5-3-7-6(8(12)4-5)1-2-13-9(7)10(14)15/h1-4H,(H,14,15). The summed E-state index contributed by atoms with van der Waals surface area (Å²) >= 11 is 9.25. The lowest BCUT2D eigenvalue weighted by Crippen LogP contribution is -2.00. The first-order chi connectivity index (χ1) is 7.09. The average Bonchev–Trinajstić information content (AvgIpc) is 2.16. The topological polar surface area (TPSA) is 50.2 Å². The summed E-state index contributed by atoms with van der Waals surface area (Å²) in [6, 6.07) is 5.10. The van der Waals surface area contributed by atoms with Crippen molar-refractivity contribution in [2.24, 2.45) is 0 Å². The summed E-state index contributed by atoms with van der Waals surface area (Å²) in [7, 11) is 0. The highest BCUT2D eigenvalue weighted by Crippen LogP contribution is 2.29. The van der Waals surface area contributed by atoms with Gasteiger partial charge in [-0.15, -0.1) is 0 Å². The third-order valence-corrected chi connectivity index (χ3v) is 2.77. The first-order valence-electron chi connectivity index (χ1n) is 4.06. The molecular formula is C10H5BrClNO2. The van der Waals surface area contributed by atoms with E-state index >= 15 is 0 Å². The summed E-state index contributed by atoms with van der Waals surface area (Å²) in [5.41, 5.74) is 0.00991. The summed E-state index contributed by atoms with van der Waals surface area (Å²) in [6.07, 6.45) is 1.44. The zero-order valence-electron chi connectivity index (χ0n) is 7.37. The fraction of sp³-hybridized carbons (Fsp3) is 0. The van der Waals surface area contributed by atoms with E-state index in [9.17, 15) is 4.79 Å². The Morgan fingerprint density at radius 3 is 2.80 bits per heavy atom. The van der Waals surface area contributed by atoms with Crippen molar-refractivity contribution in [3.05, 3.63) is 39.6 Å². The number of nitrogens with zero attached hydrogens (tertiary/aromatic N) is 1. The lowest BCUT2D eigenvalue weighted by molar-refractivity contribution is 0.0693. The van der Waals surface area contributed by atoms with Crippen LogP contribution in [0.1, 0.15) is 10.5 Å². The molecule has 0 amide bonds. The Bertz CT molecular complexity index is 556. The van der Waals surface area contributed by atoms with Crippen molar-refractivity contribution in [2.45, 2.75) is 0 Å². The van der Waals surface area contributed by atoms with Gasteiger partial charge in [0.05, 0.1) is 0 Å². The van der Waals surface area contributed by atoms with Crippen LogP contribution in [-0.4, -0.2) is 16.1 Å². The van der Waals surface area contributed by atoms with Crippen LogP contribution in [0.2, 0.25) is 5.02 Å². The summed E-state index contributed by atoms with van der Waals surface area (Å²) in [4.78, 5) is 14.7. The number of hydrogen-bond donors (Lipinski definition) is 1. The Kier molecular flexibility index (Phi) is 2.63. The molecule has 1 aromatic carbocycles. The molecule has 0 saturated heterocycles. The number of carboxylic acids is 1. The predicted molar refractivity (Wildman–Crippen MR) is 61.4 cm³/mol. The number of aromatic nitrogens is 1. The van der Waals surface area contributed by atoms with Gasteiger partial charge >= 0.3 is 5.97 Å². The van der Waals surface area contributed by atoms with Gasteiger partial charge in [-0.05, 0) is 18.2 Å². The van der Waals surface area contributed by atoms with Gasteiger partial charge in [0, 0.05) is 26.5 Å². The van der Waals surface area contributed by atoms with Gasteiger partial charge in [0.25, 0.3) is 0 Å². The van der Waals surface area contributed by atoms with E-state index in [2.05, 4.69) is 20.9 Å². The normalized spacial score (nSPS) is 10.5. The monoisotopic (exact) mass is 285 g/mol. The van der Waals surface area contributed by atoms with Crippen LogP contribution < -0.4 is 0 Å². The molecule has 0 bridgehead atoms. The van der Waals surface area contributed by atoms with Crippen LogP contribution >= 0.6 is 27.5 Å². The first kappa shape index (κ1) is 10.4. The second kappa shape index (κ2) is 3.79. The molecule has 0 unspecified atom stereocenters. The highest BCUT2D eigenvalue weighted by atomic mass is 79.9. The Morgan fingerprint density at radius 2 is 2.13 bits per heavy atom. The molecule has 0 spiro atoms. The minimum Gasteiger partial charge on any atom is -0.476 e. The molecule has 1 N–H and O–H groups in total. The van der Waals surface area contributed by atoms with Crippen molar-refractivity contribution in [1.29, 1.82) is 0 Å². The van der Waals surface area contributed by atoms with Gasteiger partial charge in [-0.1, -0.05) is 27.5 Å². The van der Waals surface area contributed by atoms with E-state index in [1.54, 1.807) is 18.2 Å². The molecule has 15 heavy (non-hydrogen) atoms. The maximum absolute atomic E-state index is 10.9. The zero-order chi connectivity index (χ0) is 11.0. The number of aromatic carboxylic acids is 1. The fourth-order valence-electron chi connectivity index (χ4n) is 1.38. The lowest BCUT2D eigenvalue weighted by Gasteiger charge is -2.04. The molecule has 1 heterocycles. The maximum Gasteiger partial charge on any atom is 0.355 e. The quantitative estimate of drug-likeness (QED) is 0.874. The van der Waals surface area contributed by atoms with Crippen LogP contribution in [0.3, 0.4) is 0 Å². The molecule has 3 nitrogen and oxygen atoms in total. The minimum atomic E-state index is -1.06. The third-order valence-electron chi connectivity index (χ3n) is 2.00. The molecule has 1 aromatic heterocycles. The van der Waals surface area contributed by atoms with E-state index in [1.807, 2.05) is 0 Å². The molecule has 0 radical (unpaired) electrons. The third kappa shape index (κ3) is 1.82. The fourth-order valence-corrected chi connectivity index (χ4v) is 2.25. The SMILES string of the molecule is O=C(O)c1nccc2c(Cl)cc(Br)cc12. The Labute approximate surface area is 98.8 Å². The minimum absolute atomic E-state index is 0.00991. The number of halogens is 2. The molecule has 76 valence electrons. The Balaban J connectivity index is 2.91. The van der Waals surface area contributed by atoms with Crippen LogP contribution in [0, 0.1) is 0 Å². The number of fused-ring (bicyclic) bond motifs is 1. The molecule has 0 fully saturated rings. The maximum atomic E-state index is 10.9. The van der Waals surface area contributed by atoms with Crippen LogP contribution in [0.15, 0.2) is 28.9 Å². The van der Waals surface area contributed by atoms with Crippen LogP contribution in [0.5, 0.6) is 0 Å². The lowest BCUT2D eigenvalue weighted by atomic mass is 10.1. The summed E-state index contributed by atoms with van der Waals surface area (Å²) in [5, 5.41) is 10.7. The van der Waals surface area contributed by atoms with Crippen molar-refractivity contribution in [3.63, 3.8) is 0 Å². The second-order valence-electron chi connectivity index (χ2n) is 2.95. The molecule has 2 aromatic rings. The predicted octanol–water partition coefficient (Wildman–Crippen LogP) is 3.35. The molecule has 0 aliphatic carbocycles. The van der Waals surface area contributed by atoms with Crippen LogP contribution in [-0.2, 0) is 0 Å². The number of carbonyl (C=O) groups is 1. The summed E-state index contributed by atoms with van der Waals surface area (Å²) in [5.74, 6) is -1.06. The van der Waals surface area contributed by atoms with Crippen LogP contribution in [0.4, 0.5) is 0 Å². The Hall–Kier alpha value is -1.13. The molecular weight excluding hydrogens is 281 g/mol. The second-order valence-corrected chi connectivity index (χ2v) is 4.27. The van der Waals surface area contributed by atoms with Crippen molar-refractivity contribution in [3.8, 4) is 0 Å². The van der Waals surface area contributed by atoms with Gasteiger partial charge in [0.2, 0.25) is 0 Å². The van der Waals surface area contributed by atoms with Gasteiger partial charge in [-0.25, -0.2) is 9.78 Å². The highest BCUT2D eigenvalue weighted by Gasteiger charge is 2.11. The molecule has 0 atom stereocenters. The highest BCUT2D eigenvalue weighted by molar-refractivity contribution is 9.10. The van der Waals surface area contributed by atoms with Gasteiger partial charge in [0.15, 0.2) is 5.69 Å². The van der Waals surface area contributed by atoms with Crippen LogP contribution in [0.25, 0.3) is 10.8 Å².